The van der Waals surface area contributed by atoms with E-state index in [1.807, 2.05) is 35.2 Å². The standard InChI is InChI=1S/C20H21N3OS/c1-15-5-4-7-16(11-15)19-13-22(20(24)14-25)9-10-23(19)18-8-3-2-6-17(18)12-21/h2-8,11,19,25H,9-10,13-14H2,1H3. The van der Waals surface area contributed by atoms with Gasteiger partial charge in [-0.05, 0) is 24.6 Å². The molecular weight excluding hydrogens is 330 g/mol. The third-order valence-corrected chi connectivity index (χ3v) is 4.90. The van der Waals surface area contributed by atoms with E-state index in [0.29, 0.717) is 25.2 Å². The van der Waals surface area contributed by atoms with E-state index < -0.39 is 0 Å². The van der Waals surface area contributed by atoms with Gasteiger partial charge in [0.05, 0.1) is 23.0 Å². The van der Waals surface area contributed by atoms with E-state index in [0.717, 1.165) is 11.3 Å². The maximum absolute atomic E-state index is 12.2. The average Bonchev–Trinajstić information content (AvgIpc) is 2.66. The van der Waals surface area contributed by atoms with Crippen molar-refractivity contribution in [2.24, 2.45) is 0 Å². The molecule has 0 saturated carbocycles. The van der Waals surface area contributed by atoms with Gasteiger partial charge in [-0.2, -0.15) is 17.9 Å². The second kappa shape index (κ2) is 7.62. The molecule has 0 aromatic heterocycles. The van der Waals surface area contributed by atoms with Crippen LogP contribution < -0.4 is 4.90 Å². The Labute approximate surface area is 154 Å². The smallest absolute Gasteiger partial charge is 0.232 e. The van der Waals surface area contributed by atoms with Gasteiger partial charge < -0.3 is 9.80 Å². The predicted molar refractivity (Wildman–Crippen MR) is 103 cm³/mol. The van der Waals surface area contributed by atoms with Crippen molar-refractivity contribution in [3.63, 3.8) is 0 Å². The maximum Gasteiger partial charge on any atom is 0.232 e. The lowest BCUT2D eigenvalue weighted by Gasteiger charge is -2.43. The summed E-state index contributed by atoms with van der Waals surface area (Å²) in [6.07, 6.45) is 0. The highest BCUT2D eigenvalue weighted by molar-refractivity contribution is 7.81. The van der Waals surface area contributed by atoms with Gasteiger partial charge in [-0.3, -0.25) is 4.79 Å². The normalized spacial score (nSPS) is 17.2. The lowest BCUT2D eigenvalue weighted by molar-refractivity contribution is -0.129. The second-order valence-electron chi connectivity index (χ2n) is 6.25. The van der Waals surface area contributed by atoms with Gasteiger partial charge in [0.2, 0.25) is 5.91 Å². The Morgan fingerprint density at radius 2 is 2.04 bits per heavy atom. The van der Waals surface area contributed by atoms with Crippen LogP contribution in [0.25, 0.3) is 0 Å². The van der Waals surface area contributed by atoms with E-state index in [4.69, 9.17) is 0 Å². The maximum atomic E-state index is 12.2. The summed E-state index contributed by atoms with van der Waals surface area (Å²) in [6, 6.07) is 18.3. The number of nitriles is 1. The zero-order valence-corrected chi connectivity index (χ0v) is 15.1. The van der Waals surface area contributed by atoms with Gasteiger partial charge in [0.15, 0.2) is 0 Å². The number of amides is 1. The van der Waals surface area contributed by atoms with Crippen LogP contribution in [0.1, 0.15) is 22.7 Å². The number of hydrogen-bond donors (Lipinski definition) is 1. The first-order valence-corrected chi connectivity index (χ1v) is 8.98. The van der Waals surface area contributed by atoms with Crippen LogP contribution in [-0.4, -0.2) is 36.2 Å². The van der Waals surface area contributed by atoms with Gasteiger partial charge in [-0.15, -0.1) is 0 Å². The van der Waals surface area contributed by atoms with Gasteiger partial charge in [0, 0.05) is 19.6 Å². The molecule has 0 radical (unpaired) electrons. The Morgan fingerprint density at radius 3 is 2.76 bits per heavy atom. The van der Waals surface area contributed by atoms with Crippen LogP contribution in [0.2, 0.25) is 0 Å². The summed E-state index contributed by atoms with van der Waals surface area (Å²) in [6.45, 7) is 4.00. The first-order chi connectivity index (χ1) is 12.1. The average molecular weight is 351 g/mol. The summed E-state index contributed by atoms with van der Waals surface area (Å²) in [7, 11) is 0. The summed E-state index contributed by atoms with van der Waals surface area (Å²) < 4.78 is 0. The quantitative estimate of drug-likeness (QED) is 0.864. The fourth-order valence-corrected chi connectivity index (χ4v) is 3.58. The van der Waals surface area contributed by atoms with Crippen LogP contribution >= 0.6 is 12.6 Å². The first kappa shape index (κ1) is 17.4. The van der Waals surface area contributed by atoms with Crippen molar-refractivity contribution >= 4 is 24.2 Å². The predicted octanol–water partition coefficient (Wildman–Crippen LogP) is 3.19. The molecule has 25 heavy (non-hydrogen) atoms. The molecule has 1 heterocycles. The van der Waals surface area contributed by atoms with E-state index in [1.54, 1.807) is 0 Å². The zero-order chi connectivity index (χ0) is 17.8. The fourth-order valence-electron chi connectivity index (χ4n) is 3.38. The van der Waals surface area contributed by atoms with Gasteiger partial charge in [-0.1, -0.05) is 42.0 Å². The van der Waals surface area contributed by atoms with Crippen molar-refractivity contribution in [3.05, 3.63) is 65.2 Å². The third kappa shape index (κ3) is 3.64. The minimum Gasteiger partial charge on any atom is -0.360 e. The Kier molecular flexibility index (Phi) is 5.30. The third-order valence-electron chi connectivity index (χ3n) is 4.63. The molecule has 1 saturated heterocycles. The molecule has 0 aliphatic carbocycles. The second-order valence-corrected chi connectivity index (χ2v) is 6.57. The van der Waals surface area contributed by atoms with Gasteiger partial charge >= 0.3 is 0 Å². The highest BCUT2D eigenvalue weighted by atomic mass is 32.1. The van der Waals surface area contributed by atoms with E-state index in [1.165, 1.54) is 5.56 Å². The van der Waals surface area contributed by atoms with Crippen LogP contribution in [0.15, 0.2) is 48.5 Å². The number of carbonyl (C=O) groups excluding carboxylic acids is 1. The van der Waals surface area contributed by atoms with Crippen molar-refractivity contribution in [1.29, 1.82) is 5.26 Å². The number of carbonyl (C=O) groups is 1. The Morgan fingerprint density at radius 1 is 1.24 bits per heavy atom. The van der Waals surface area contributed by atoms with Crippen LogP contribution in [0.5, 0.6) is 0 Å². The Hall–Kier alpha value is -2.45. The summed E-state index contributed by atoms with van der Waals surface area (Å²) in [5.41, 5.74) is 3.93. The molecule has 128 valence electrons. The molecule has 3 rings (SSSR count). The SMILES string of the molecule is Cc1cccc(C2CN(C(=O)CS)CCN2c2ccccc2C#N)c1. The van der Waals surface area contributed by atoms with Crippen molar-refractivity contribution in [3.8, 4) is 6.07 Å². The molecular formula is C20H21N3OS. The fraction of sp³-hybridized carbons (Fsp3) is 0.300. The summed E-state index contributed by atoms with van der Waals surface area (Å²) in [5, 5.41) is 9.48. The topological polar surface area (TPSA) is 47.3 Å². The number of aryl methyl sites for hydroxylation is 1. The number of benzene rings is 2. The van der Waals surface area contributed by atoms with Crippen LogP contribution in [0, 0.1) is 18.3 Å². The van der Waals surface area contributed by atoms with E-state index in [9.17, 15) is 10.1 Å². The van der Waals surface area contributed by atoms with E-state index in [-0.39, 0.29) is 17.7 Å². The van der Waals surface area contributed by atoms with Crippen molar-refractivity contribution in [2.75, 3.05) is 30.3 Å². The number of hydrogen-bond acceptors (Lipinski definition) is 4. The molecule has 1 aliphatic heterocycles. The van der Waals surface area contributed by atoms with Crippen LogP contribution in [0.3, 0.4) is 0 Å². The number of anilines is 1. The summed E-state index contributed by atoms with van der Waals surface area (Å²) in [4.78, 5) is 16.3. The Bertz CT molecular complexity index is 815. The highest BCUT2D eigenvalue weighted by Crippen LogP contribution is 2.33. The molecule has 2 aromatic rings. The molecule has 0 N–H and O–H groups in total. The largest absolute Gasteiger partial charge is 0.360 e. The summed E-state index contributed by atoms with van der Waals surface area (Å²) >= 11 is 4.14. The molecule has 1 fully saturated rings. The van der Waals surface area contributed by atoms with E-state index >= 15 is 0 Å². The van der Waals surface area contributed by atoms with Crippen LogP contribution in [-0.2, 0) is 4.79 Å². The number of piperazine rings is 1. The zero-order valence-electron chi connectivity index (χ0n) is 14.2. The monoisotopic (exact) mass is 351 g/mol. The van der Waals surface area contributed by atoms with E-state index in [2.05, 4.69) is 48.7 Å². The lowest BCUT2D eigenvalue weighted by atomic mass is 9.98. The van der Waals surface area contributed by atoms with Crippen molar-refractivity contribution < 1.29 is 4.79 Å². The van der Waals surface area contributed by atoms with Gasteiger partial charge in [0.1, 0.15) is 6.07 Å². The molecule has 1 amide bonds. The van der Waals surface area contributed by atoms with Crippen molar-refractivity contribution in [2.45, 2.75) is 13.0 Å². The summed E-state index contributed by atoms with van der Waals surface area (Å²) in [5.74, 6) is 0.268. The van der Waals surface area contributed by atoms with Gasteiger partial charge in [-0.25, -0.2) is 0 Å². The molecule has 4 nitrogen and oxygen atoms in total. The molecule has 1 aliphatic rings. The molecule has 0 spiro atoms. The van der Waals surface area contributed by atoms with Crippen molar-refractivity contribution in [1.82, 2.24) is 4.90 Å². The molecule has 2 aromatic carbocycles. The molecule has 1 atom stereocenters. The minimum absolute atomic E-state index is 0.0204. The molecule has 5 heteroatoms. The lowest BCUT2D eigenvalue weighted by Crippen LogP contribution is -2.51. The number of thiol groups is 1. The number of nitrogens with zero attached hydrogens (tertiary/aromatic N) is 3. The molecule has 0 bridgehead atoms. The highest BCUT2D eigenvalue weighted by Gasteiger charge is 2.31. The number of para-hydroxylation sites is 1. The Balaban J connectivity index is 2.01. The first-order valence-electron chi connectivity index (χ1n) is 8.35. The van der Waals surface area contributed by atoms with Gasteiger partial charge in [0.25, 0.3) is 0 Å². The van der Waals surface area contributed by atoms with Crippen LogP contribution in [0.4, 0.5) is 5.69 Å². The minimum atomic E-state index is 0.0204. The molecule has 1 unspecified atom stereocenters. The number of rotatable bonds is 3.